The van der Waals surface area contributed by atoms with Gasteiger partial charge in [0.15, 0.2) is 0 Å². The topological polar surface area (TPSA) is 96.8 Å². The number of carboxylic acid groups (broad SMARTS) is 1. The molecule has 1 aromatic carbocycles. The number of fused-ring (bicyclic) bond motifs is 3. The molecular weight excluding hydrogens is 441 g/mol. The Morgan fingerprint density at radius 2 is 1.91 bits per heavy atom. The SMILES string of the molecule is CCOC(=O)c1c(CCC(F)(F)F)nc2c(c1-c1ccc(C(=O)O)cc1)C(=O)N1CCC[C@@H]21. The average molecular weight is 462 g/mol. The van der Waals surface area contributed by atoms with Gasteiger partial charge in [0.1, 0.15) is 0 Å². The number of pyridine rings is 1. The smallest absolute Gasteiger partial charge is 0.389 e. The van der Waals surface area contributed by atoms with Crippen LogP contribution < -0.4 is 0 Å². The van der Waals surface area contributed by atoms with Crippen molar-refractivity contribution in [2.75, 3.05) is 13.2 Å². The number of amides is 1. The van der Waals surface area contributed by atoms with Gasteiger partial charge in [0.05, 0.1) is 40.7 Å². The van der Waals surface area contributed by atoms with Gasteiger partial charge in [-0.15, -0.1) is 0 Å². The monoisotopic (exact) mass is 462 g/mol. The quantitative estimate of drug-likeness (QED) is 0.639. The Labute approximate surface area is 187 Å². The van der Waals surface area contributed by atoms with Crippen LogP contribution in [0.5, 0.6) is 0 Å². The van der Waals surface area contributed by atoms with Gasteiger partial charge in [-0.1, -0.05) is 12.1 Å². The fourth-order valence-corrected chi connectivity index (χ4v) is 4.48. The Kier molecular flexibility index (Phi) is 5.85. The van der Waals surface area contributed by atoms with Crippen molar-refractivity contribution in [1.82, 2.24) is 9.88 Å². The Bertz CT molecular complexity index is 1130. The van der Waals surface area contributed by atoms with Crippen LogP contribution in [0.4, 0.5) is 13.2 Å². The largest absolute Gasteiger partial charge is 0.478 e. The van der Waals surface area contributed by atoms with Crippen LogP contribution >= 0.6 is 0 Å². The van der Waals surface area contributed by atoms with Gasteiger partial charge >= 0.3 is 18.1 Å². The molecule has 1 atom stereocenters. The zero-order chi connectivity index (χ0) is 23.9. The fraction of sp³-hybridized carbons (Fsp3) is 0.391. The molecule has 3 heterocycles. The average Bonchev–Trinajstić information content (AvgIpc) is 3.34. The minimum atomic E-state index is -4.47. The van der Waals surface area contributed by atoms with Gasteiger partial charge in [0.25, 0.3) is 5.91 Å². The van der Waals surface area contributed by atoms with Crippen LogP contribution in [0.25, 0.3) is 11.1 Å². The molecule has 2 aromatic rings. The Hall–Kier alpha value is -3.43. The van der Waals surface area contributed by atoms with Crippen LogP contribution in [0, 0.1) is 0 Å². The number of nitrogens with zero attached hydrogens (tertiary/aromatic N) is 2. The second-order valence-corrected chi connectivity index (χ2v) is 7.94. The maximum Gasteiger partial charge on any atom is 0.389 e. The summed E-state index contributed by atoms with van der Waals surface area (Å²) in [6.07, 6.45) is -4.83. The molecule has 0 bridgehead atoms. The van der Waals surface area contributed by atoms with E-state index in [9.17, 15) is 32.7 Å². The molecule has 0 saturated carbocycles. The third-order valence-electron chi connectivity index (χ3n) is 5.89. The Balaban J connectivity index is 1.98. The number of alkyl halides is 3. The third kappa shape index (κ3) is 4.17. The van der Waals surface area contributed by atoms with Gasteiger partial charge < -0.3 is 14.7 Å². The van der Waals surface area contributed by atoms with E-state index in [0.717, 1.165) is 6.42 Å². The van der Waals surface area contributed by atoms with Crippen molar-refractivity contribution in [3.05, 3.63) is 52.3 Å². The van der Waals surface area contributed by atoms with Crippen LogP contribution in [0.3, 0.4) is 0 Å². The molecule has 1 N–H and O–H groups in total. The van der Waals surface area contributed by atoms with E-state index in [4.69, 9.17) is 4.74 Å². The molecule has 2 aliphatic rings. The molecule has 0 radical (unpaired) electrons. The molecule has 0 spiro atoms. The minimum Gasteiger partial charge on any atom is -0.478 e. The Morgan fingerprint density at radius 1 is 1.21 bits per heavy atom. The van der Waals surface area contributed by atoms with E-state index in [1.807, 2.05) is 0 Å². The van der Waals surface area contributed by atoms with Crippen molar-refractivity contribution in [3.8, 4) is 11.1 Å². The molecule has 2 aliphatic heterocycles. The van der Waals surface area contributed by atoms with Crippen molar-refractivity contribution in [2.24, 2.45) is 0 Å². The number of hydrogen-bond donors (Lipinski definition) is 1. The summed E-state index contributed by atoms with van der Waals surface area (Å²) in [5.41, 5.74) is 0.741. The van der Waals surface area contributed by atoms with Crippen molar-refractivity contribution >= 4 is 17.8 Å². The number of esters is 1. The summed E-state index contributed by atoms with van der Waals surface area (Å²) in [7, 11) is 0. The molecule has 174 valence electrons. The minimum absolute atomic E-state index is 0.00798. The van der Waals surface area contributed by atoms with Crippen LogP contribution in [0.15, 0.2) is 24.3 Å². The van der Waals surface area contributed by atoms with Crippen molar-refractivity contribution < 1.29 is 37.4 Å². The van der Waals surface area contributed by atoms with E-state index in [1.165, 1.54) is 24.3 Å². The zero-order valence-corrected chi connectivity index (χ0v) is 17.7. The van der Waals surface area contributed by atoms with Crippen molar-refractivity contribution in [3.63, 3.8) is 0 Å². The summed E-state index contributed by atoms with van der Waals surface area (Å²) in [6, 6.07) is 5.15. The highest BCUT2D eigenvalue weighted by Crippen LogP contribution is 2.46. The number of carbonyl (C=O) groups excluding carboxylic acids is 2. The van der Waals surface area contributed by atoms with E-state index in [-0.39, 0.29) is 46.5 Å². The van der Waals surface area contributed by atoms with Gasteiger partial charge in [-0.05, 0) is 43.9 Å². The lowest BCUT2D eigenvalue weighted by molar-refractivity contribution is -0.134. The number of halogens is 3. The zero-order valence-electron chi connectivity index (χ0n) is 17.7. The number of benzene rings is 1. The lowest BCUT2D eigenvalue weighted by Crippen LogP contribution is -2.23. The second kappa shape index (κ2) is 8.49. The van der Waals surface area contributed by atoms with Crippen molar-refractivity contribution in [2.45, 2.75) is 44.8 Å². The molecule has 1 amide bonds. The first-order valence-electron chi connectivity index (χ1n) is 10.6. The van der Waals surface area contributed by atoms with Crippen LogP contribution in [-0.4, -0.2) is 52.2 Å². The van der Waals surface area contributed by atoms with Crippen LogP contribution in [0.2, 0.25) is 0 Å². The van der Waals surface area contributed by atoms with E-state index in [0.29, 0.717) is 24.2 Å². The summed E-state index contributed by atoms with van der Waals surface area (Å²) < 4.78 is 44.3. The molecule has 7 nitrogen and oxygen atoms in total. The lowest BCUT2D eigenvalue weighted by atomic mass is 9.90. The number of aromatic carboxylic acids is 1. The first-order chi connectivity index (χ1) is 15.6. The highest BCUT2D eigenvalue weighted by atomic mass is 19.4. The predicted molar refractivity (Wildman–Crippen MR) is 110 cm³/mol. The summed E-state index contributed by atoms with van der Waals surface area (Å²) in [5.74, 6) is -2.37. The molecular formula is C23H21F3N2O5. The van der Waals surface area contributed by atoms with Gasteiger partial charge in [-0.2, -0.15) is 13.2 Å². The summed E-state index contributed by atoms with van der Waals surface area (Å²) in [5, 5.41) is 9.20. The molecule has 0 aliphatic carbocycles. The summed E-state index contributed by atoms with van der Waals surface area (Å²) in [6.45, 7) is 2.04. The number of aryl methyl sites for hydroxylation is 1. The van der Waals surface area contributed by atoms with E-state index in [2.05, 4.69) is 4.98 Å². The number of ether oxygens (including phenoxy) is 1. The normalized spacial score (nSPS) is 17.2. The molecule has 1 aromatic heterocycles. The second-order valence-electron chi connectivity index (χ2n) is 7.94. The molecule has 10 heteroatoms. The third-order valence-corrected chi connectivity index (χ3v) is 5.89. The molecule has 1 fully saturated rings. The van der Waals surface area contributed by atoms with E-state index in [1.54, 1.807) is 11.8 Å². The van der Waals surface area contributed by atoms with E-state index < -0.39 is 31.0 Å². The number of hydrogen-bond acceptors (Lipinski definition) is 5. The number of rotatable bonds is 6. The summed E-state index contributed by atoms with van der Waals surface area (Å²) >= 11 is 0. The predicted octanol–water partition coefficient (Wildman–Crippen LogP) is 4.41. The first kappa shape index (κ1) is 22.8. The highest BCUT2D eigenvalue weighted by molar-refractivity contribution is 6.11. The van der Waals surface area contributed by atoms with Gasteiger partial charge in [0, 0.05) is 18.5 Å². The van der Waals surface area contributed by atoms with Crippen molar-refractivity contribution in [1.29, 1.82) is 0 Å². The highest BCUT2D eigenvalue weighted by Gasteiger charge is 2.45. The van der Waals surface area contributed by atoms with Gasteiger partial charge in [-0.3, -0.25) is 9.78 Å². The molecule has 33 heavy (non-hydrogen) atoms. The molecule has 4 rings (SSSR count). The van der Waals surface area contributed by atoms with Gasteiger partial charge in [0.2, 0.25) is 0 Å². The maximum atomic E-state index is 13.3. The summed E-state index contributed by atoms with van der Waals surface area (Å²) in [4.78, 5) is 43.5. The molecule has 1 saturated heterocycles. The fourth-order valence-electron chi connectivity index (χ4n) is 4.48. The Morgan fingerprint density at radius 3 is 2.52 bits per heavy atom. The maximum absolute atomic E-state index is 13.3. The first-order valence-corrected chi connectivity index (χ1v) is 10.6. The standard InChI is InChI=1S/C23H21F3N2O5/c1-2-33-22(32)17-14(9-10-23(24,25)26)27-19-15-4-3-11-28(15)20(29)18(19)16(17)12-5-7-13(8-6-12)21(30)31/h5-8,15H,2-4,9-11H2,1H3,(H,30,31)/t15-/m0/s1. The number of carboxylic acids is 1. The number of aromatic nitrogens is 1. The van der Waals surface area contributed by atoms with Crippen LogP contribution in [0.1, 0.15) is 74.7 Å². The number of carbonyl (C=O) groups is 3. The van der Waals surface area contributed by atoms with E-state index >= 15 is 0 Å². The van der Waals surface area contributed by atoms with Crippen LogP contribution in [-0.2, 0) is 11.2 Å². The lowest BCUT2D eigenvalue weighted by Gasteiger charge is -2.18. The van der Waals surface area contributed by atoms with Gasteiger partial charge in [-0.25, -0.2) is 9.59 Å². The molecule has 0 unspecified atom stereocenters.